The quantitative estimate of drug-likeness (QED) is 0.246. The SMILES string of the molecule is Cc1nc(NN)nc(SCCS(C)(=O)=O)c1[N+](=O)[O-]. The number of hydrazine groups is 1. The lowest BCUT2D eigenvalue weighted by Gasteiger charge is -2.06. The Morgan fingerprint density at radius 1 is 1.47 bits per heavy atom. The molecule has 0 fully saturated rings. The highest BCUT2D eigenvalue weighted by Gasteiger charge is 2.22. The fourth-order valence-electron chi connectivity index (χ4n) is 1.21. The molecule has 9 nitrogen and oxygen atoms in total. The maximum Gasteiger partial charge on any atom is 0.322 e. The van der Waals surface area contributed by atoms with Gasteiger partial charge < -0.3 is 0 Å². The first-order valence-electron chi connectivity index (χ1n) is 5.04. The first kappa shape index (κ1) is 15.6. The number of thioether (sulfide) groups is 1. The van der Waals surface area contributed by atoms with E-state index in [4.69, 9.17) is 5.84 Å². The summed E-state index contributed by atoms with van der Waals surface area (Å²) >= 11 is 0.978. The molecule has 3 N–H and O–H groups in total. The second-order valence-corrected chi connectivity index (χ2v) is 7.01. The largest absolute Gasteiger partial charge is 0.322 e. The van der Waals surface area contributed by atoms with Crippen molar-refractivity contribution < 1.29 is 13.3 Å². The van der Waals surface area contributed by atoms with Crippen molar-refractivity contribution in [2.75, 3.05) is 23.2 Å². The molecular weight excluding hydrogens is 294 g/mol. The minimum atomic E-state index is -3.13. The average molecular weight is 307 g/mol. The lowest BCUT2D eigenvalue weighted by atomic mass is 10.4. The van der Waals surface area contributed by atoms with E-state index < -0.39 is 14.8 Å². The molecule has 0 atom stereocenters. The third-order valence-corrected chi connectivity index (χ3v) is 4.20. The number of aryl methyl sites for hydroxylation is 1. The van der Waals surface area contributed by atoms with Crippen molar-refractivity contribution in [1.29, 1.82) is 0 Å². The fraction of sp³-hybridized carbons (Fsp3) is 0.500. The molecule has 0 radical (unpaired) electrons. The van der Waals surface area contributed by atoms with Crippen LogP contribution in [-0.2, 0) is 9.84 Å². The third kappa shape index (κ3) is 4.61. The molecule has 0 bridgehead atoms. The number of nitrogens with one attached hydrogen (secondary N) is 1. The summed E-state index contributed by atoms with van der Waals surface area (Å²) in [6.45, 7) is 1.46. The lowest BCUT2D eigenvalue weighted by molar-refractivity contribution is -0.389. The number of anilines is 1. The van der Waals surface area contributed by atoms with Gasteiger partial charge in [0.2, 0.25) is 5.95 Å². The van der Waals surface area contributed by atoms with Gasteiger partial charge in [0.15, 0.2) is 5.03 Å². The zero-order valence-corrected chi connectivity index (χ0v) is 11.9. The van der Waals surface area contributed by atoms with Crippen LogP contribution in [0.1, 0.15) is 5.69 Å². The molecule has 0 saturated heterocycles. The van der Waals surface area contributed by atoms with Crippen LogP contribution in [0.2, 0.25) is 0 Å². The van der Waals surface area contributed by atoms with Crippen molar-refractivity contribution in [1.82, 2.24) is 9.97 Å². The average Bonchev–Trinajstić information content (AvgIpc) is 2.25. The van der Waals surface area contributed by atoms with Crippen LogP contribution in [0.25, 0.3) is 0 Å². The summed E-state index contributed by atoms with van der Waals surface area (Å²) in [4.78, 5) is 18.0. The van der Waals surface area contributed by atoms with Crippen molar-refractivity contribution in [2.24, 2.45) is 5.84 Å². The van der Waals surface area contributed by atoms with Crippen LogP contribution >= 0.6 is 11.8 Å². The number of rotatable bonds is 6. The van der Waals surface area contributed by atoms with E-state index >= 15 is 0 Å². The van der Waals surface area contributed by atoms with Gasteiger partial charge in [-0.05, 0) is 6.92 Å². The number of sulfone groups is 1. The highest BCUT2D eigenvalue weighted by molar-refractivity contribution is 8.00. The Balaban J connectivity index is 3.03. The first-order chi connectivity index (χ1) is 8.74. The molecule has 106 valence electrons. The minimum absolute atomic E-state index is 0.0463. The zero-order valence-electron chi connectivity index (χ0n) is 10.3. The molecule has 0 aliphatic heterocycles. The predicted octanol–water partition coefficient (Wildman–Crippen LogP) is 0.116. The number of nitrogens with two attached hydrogens (primary N) is 1. The van der Waals surface area contributed by atoms with Crippen molar-refractivity contribution in [3.05, 3.63) is 15.8 Å². The molecule has 0 spiro atoms. The van der Waals surface area contributed by atoms with Gasteiger partial charge in [-0.1, -0.05) is 11.8 Å². The van der Waals surface area contributed by atoms with Gasteiger partial charge in [0.1, 0.15) is 15.5 Å². The van der Waals surface area contributed by atoms with E-state index in [1.807, 2.05) is 0 Å². The Morgan fingerprint density at radius 2 is 2.11 bits per heavy atom. The molecule has 1 heterocycles. The van der Waals surface area contributed by atoms with E-state index in [1.54, 1.807) is 0 Å². The summed E-state index contributed by atoms with van der Waals surface area (Å²) < 4.78 is 22.0. The topological polar surface area (TPSA) is 141 Å². The summed E-state index contributed by atoms with van der Waals surface area (Å²) in [5, 5.41) is 11.0. The zero-order chi connectivity index (χ0) is 14.6. The Kier molecular flexibility index (Phi) is 5.03. The van der Waals surface area contributed by atoms with E-state index in [1.165, 1.54) is 6.92 Å². The third-order valence-electron chi connectivity index (χ3n) is 2.03. The predicted molar refractivity (Wildman–Crippen MR) is 71.7 cm³/mol. The van der Waals surface area contributed by atoms with Gasteiger partial charge in [0, 0.05) is 12.0 Å². The summed E-state index contributed by atoms with van der Waals surface area (Å²) in [6, 6.07) is 0. The Bertz CT molecular complexity index is 589. The first-order valence-corrected chi connectivity index (χ1v) is 8.09. The van der Waals surface area contributed by atoms with Gasteiger partial charge >= 0.3 is 5.69 Å². The number of aromatic nitrogens is 2. The number of hydrogen-bond donors (Lipinski definition) is 2. The van der Waals surface area contributed by atoms with Crippen LogP contribution in [0, 0.1) is 17.0 Å². The van der Waals surface area contributed by atoms with Gasteiger partial charge in [-0.3, -0.25) is 15.5 Å². The van der Waals surface area contributed by atoms with Crippen LogP contribution in [-0.4, -0.2) is 41.1 Å². The van der Waals surface area contributed by atoms with E-state index in [-0.39, 0.29) is 33.9 Å². The molecule has 0 aromatic carbocycles. The van der Waals surface area contributed by atoms with Crippen LogP contribution in [0.3, 0.4) is 0 Å². The number of nitro groups is 1. The summed E-state index contributed by atoms with van der Waals surface area (Å²) in [5.41, 5.74) is 2.13. The van der Waals surface area contributed by atoms with E-state index in [0.717, 1.165) is 18.0 Å². The molecule has 0 amide bonds. The number of nitrogens with zero attached hydrogens (tertiary/aromatic N) is 3. The molecule has 0 unspecified atom stereocenters. The molecule has 0 aliphatic rings. The molecule has 1 aromatic heterocycles. The van der Waals surface area contributed by atoms with Crippen molar-refractivity contribution in [3.8, 4) is 0 Å². The summed E-state index contributed by atoms with van der Waals surface area (Å²) in [7, 11) is -3.13. The molecule has 1 aromatic rings. The van der Waals surface area contributed by atoms with Crippen molar-refractivity contribution in [2.45, 2.75) is 11.9 Å². The normalized spacial score (nSPS) is 11.3. The Hall–Kier alpha value is -1.46. The standard InChI is InChI=1S/C8H13N5O4S2/c1-5-6(13(14)15)7(11-8(10-5)12-9)18-3-4-19(2,16)17/h3-4,9H2,1-2H3,(H,10,11,12). The molecule has 0 aliphatic carbocycles. The highest BCUT2D eigenvalue weighted by atomic mass is 32.2. The second-order valence-electron chi connectivity index (χ2n) is 3.67. The molecule has 19 heavy (non-hydrogen) atoms. The summed E-state index contributed by atoms with van der Waals surface area (Å²) in [5.74, 6) is 5.28. The molecule has 0 saturated carbocycles. The van der Waals surface area contributed by atoms with Crippen LogP contribution in [0.5, 0.6) is 0 Å². The monoisotopic (exact) mass is 307 g/mol. The van der Waals surface area contributed by atoms with Gasteiger partial charge in [-0.2, -0.15) is 4.98 Å². The highest BCUT2D eigenvalue weighted by Crippen LogP contribution is 2.30. The molecular formula is C8H13N5O4S2. The van der Waals surface area contributed by atoms with Crippen molar-refractivity contribution >= 4 is 33.2 Å². The van der Waals surface area contributed by atoms with Crippen molar-refractivity contribution in [3.63, 3.8) is 0 Å². The van der Waals surface area contributed by atoms with Gasteiger partial charge in [-0.15, -0.1) is 0 Å². The Labute approximate surface area is 114 Å². The van der Waals surface area contributed by atoms with Crippen LogP contribution in [0.4, 0.5) is 11.6 Å². The maximum atomic E-state index is 11.0. The summed E-state index contributed by atoms with van der Waals surface area (Å²) in [6.07, 6.45) is 1.10. The lowest BCUT2D eigenvalue weighted by Crippen LogP contribution is -2.13. The second kappa shape index (κ2) is 6.12. The maximum absolute atomic E-state index is 11.0. The fourth-order valence-corrected chi connectivity index (χ4v) is 3.45. The number of hydrogen-bond acceptors (Lipinski definition) is 9. The van der Waals surface area contributed by atoms with Gasteiger partial charge in [-0.25, -0.2) is 19.2 Å². The van der Waals surface area contributed by atoms with Gasteiger partial charge in [0.05, 0.1) is 10.7 Å². The van der Waals surface area contributed by atoms with E-state index in [2.05, 4.69) is 15.4 Å². The number of nitrogen functional groups attached to an aromatic ring is 1. The van der Waals surface area contributed by atoms with Gasteiger partial charge in [0.25, 0.3) is 0 Å². The smallest absolute Gasteiger partial charge is 0.292 e. The molecule has 1 rings (SSSR count). The minimum Gasteiger partial charge on any atom is -0.292 e. The van der Waals surface area contributed by atoms with E-state index in [0.29, 0.717) is 0 Å². The van der Waals surface area contributed by atoms with E-state index in [9.17, 15) is 18.5 Å². The van der Waals surface area contributed by atoms with Crippen LogP contribution in [0.15, 0.2) is 5.03 Å². The molecule has 11 heteroatoms. The van der Waals surface area contributed by atoms with Crippen LogP contribution < -0.4 is 11.3 Å². The Morgan fingerprint density at radius 3 is 2.58 bits per heavy atom.